The molecule has 1 atom stereocenters. The van der Waals surface area contributed by atoms with E-state index in [1.165, 1.54) is 0 Å². The number of carbonyl (C=O) groups excluding carboxylic acids is 1. The van der Waals surface area contributed by atoms with Gasteiger partial charge in [-0.25, -0.2) is 0 Å². The molecule has 1 aliphatic rings. The van der Waals surface area contributed by atoms with Crippen LogP contribution in [0.4, 0.5) is 0 Å². The number of rotatable bonds is 13. The van der Waals surface area contributed by atoms with Crippen molar-refractivity contribution in [3.05, 3.63) is 87.4 Å². The molecule has 1 aliphatic heterocycles. The molecule has 3 aromatic rings. The summed E-state index contributed by atoms with van der Waals surface area (Å²) in [6.45, 7) is 4.51. The topological polar surface area (TPSA) is 97.9 Å². The van der Waals surface area contributed by atoms with Crippen LogP contribution in [-0.4, -0.2) is 57.5 Å². The van der Waals surface area contributed by atoms with E-state index in [2.05, 4.69) is 11.8 Å². The predicted molar refractivity (Wildman–Crippen MR) is 174 cm³/mol. The van der Waals surface area contributed by atoms with E-state index in [0.717, 1.165) is 42.7 Å². The maximum absolute atomic E-state index is 12.7. The summed E-state index contributed by atoms with van der Waals surface area (Å²) in [5, 5.41) is 10.1. The second-order valence-corrected chi connectivity index (χ2v) is 12.4. The Morgan fingerprint density at radius 2 is 1.58 bits per heavy atom. The first kappa shape index (κ1) is 32.6. The minimum atomic E-state index is -0.645. The van der Waals surface area contributed by atoms with Gasteiger partial charge in [-0.05, 0) is 91.7 Å². The van der Waals surface area contributed by atoms with E-state index >= 15 is 0 Å². The Morgan fingerprint density at radius 3 is 2.12 bits per heavy atom. The molecule has 43 heavy (non-hydrogen) atoms. The van der Waals surface area contributed by atoms with E-state index in [4.69, 9.17) is 48.6 Å². The third-order valence-corrected chi connectivity index (χ3v) is 9.59. The number of primary amides is 1. The van der Waals surface area contributed by atoms with Gasteiger partial charge in [-0.15, -0.1) is 0 Å². The van der Waals surface area contributed by atoms with Crippen molar-refractivity contribution >= 4 is 34.8 Å². The average molecular weight is 627 g/mol. The highest BCUT2D eigenvalue weighted by molar-refractivity contribution is 6.42. The lowest BCUT2D eigenvalue weighted by atomic mass is 9.71. The first-order valence-corrected chi connectivity index (χ1v) is 15.2. The first-order chi connectivity index (χ1) is 20.5. The fourth-order valence-electron chi connectivity index (χ4n) is 6.22. The van der Waals surface area contributed by atoms with E-state index in [1.54, 1.807) is 21.3 Å². The van der Waals surface area contributed by atoms with Crippen molar-refractivity contribution in [2.75, 3.05) is 41.0 Å². The molecular formula is C34H41Cl2N3O4. The van der Waals surface area contributed by atoms with Gasteiger partial charge in [-0.3, -0.25) is 4.79 Å². The van der Waals surface area contributed by atoms with Crippen LogP contribution in [0.1, 0.15) is 49.3 Å². The van der Waals surface area contributed by atoms with Gasteiger partial charge >= 0.3 is 0 Å². The Kier molecular flexibility index (Phi) is 10.6. The second-order valence-electron chi connectivity index (χ2n) is 11.6. The number of piperidine rings is 1. The third kappa shape index (κ3) is 7.28. The minimum absolute atomic E-state index is 0.265. The molecule has 1 heterocycles. The number of likely N-dealkylation sites (tertiary alicyclic amines) is 1. The van der Waals surface area contributed by atoms with Crippen molar-refractivity contribution in [1.82, 2.24) is 4.90 Å². The highest BCUT2D eigenvalue weighted by Gasteiger charge is 2.41. The fraction of sp³-hybridized carbons (Fsp3) is 0.412. The molecule has 3 aromatic carbocycles. The molecule has 9 heteroatoms. The molecule has 1 amide bonds. The molecule has 1 unspecified atom stereocenters. The van der Waals surface area contributed by atoms with Gasteiger partial charge in [0.15, 0.2) is 11.5 Å². The summed E-state index contributed by atoms with van der Waals surface area (Å²) >= 11 is 12.7. The number of hydrogen-bond donors (Lipinski definition) is 2. The molecule has 4 rings (SSSR count). The Morgan fingerprint density at radius 1 is 0.953 bits per heavy atom. The summed E-state index contributed by atoms with van der Waals surface area (Å²) in [6, 6.07) is 19.4. The van der Waals surface area contributed by atoms with Crippen molar-refractivity contribution in [2.24, 2.45) is 5.73 Å². The summed E-state index contributed by atoms with van der Waals surface area (Å²) in [7, 11) is 4.74. The predicted octanol–water partition coefficient (Wildman–Crippen LogP) is 6.84. The van der Waals surface area contributed by atoms with Gasteiger partial charge in [0.1, 0.15) is 0 Å². The number of hydrogen-bond acceptors (Lipinski definition) is 6. The molecule has 0 bridgehead atoms. The van der Waals surface area contributed by atoms with Crippen molar-refractivity contribution in [3.8, 4) is 17.2 Å². The van der Waals surface area contributed by atoms with Crippen LogP contribution >= 0.6 is 23.2 Å². The summed E-state index contributed by atoms with van der Waals surface area (Å²) in [4.78, 5) is 15.1. The number of benzene rings is 3. The Labute approximate surface area is 264 Å². The number of nitrogens with one attached hydrogen (secondary N) is 1. The lowest BCUT2D eigenvalue weighted by Crippen LogP contribution is -2.50. The number of nitrogens with zero attached hydrogens (tertiary/aromatic N) is 1. The standard InChI is InChI=1S/C34H41Cl2N3O4/c1-33(25-10-11-27(35)28(36)21-25,22-26(37)18-23-19-29(41-2)31(43-4)30(20-23)42-3)12-15-39-16-13-34(14-17-39,32(38)40)24-8-6-5-7-9-24/h5-11,19-21,37H,12-18,22H2,1-4H3,(H2,38,40). The molecule has 230 valence electrons. The number of carbonyl (C=O) groups is 1. The number of halogens is 2. The number of methoxy groups -OCH3 is 3. The van der Waals surface area contributed by atoms with E-state index in [0.29, 0.717) is 58.7 Å². The van der Waals surface area contributed by atoms with Crippen molar-refractivity contribution in [2.45, 2.75) is 49.9 Å². The molecule has 0 saturated carbocycles. The average Bonchev–Trinajstić information content (AvgIpc) is 3.01. The van der Waals surface area contributed by atoms with Crippen LogP contribution in [0.5, 0.6) is 17.2 Å². The summed E-state index contributed by atoms with van der Waals surface area (Å²) in [5.41, 5.74) is 8.43. The Bertz CT molecular complexity index is 1420. The summed E-state index contributed by atoms with van der Waals surface area (Å²) in [6.07, 6.45) is 3.08. The van der Waals surface area contributed by atoms with Crippen LogP contribution in [0.15, 0.2) is 60.7 Å². The highest BCUT2D eigenvalue weighted by Crippen LogP contribution is 2.41. The van der Waals surface area contributed by atoms with Gasteiger partial charge in [0, 0.05) is 12.1 Å². The third-order valence-electron chi connectivity index (χ3n) is 8.85. The van der Waals surface area contributed by atoms with Gasteiger partial charge in [0.25, 0.3) is 0 Å². The smallest absolute Gasteiger partial charge is 0.228 e. The molecule has 0 radical (unpaired) electrons. The second kappa shape index (κ2) is 14.0. The van der Waals surface area contributed by atoms with Gasteiger partial charge in [-0.2, -0.15) is 0 Å². The molecule has 3 N–H and O–H groups in total. The van der Waals surface area contributed by atoms with Gasteiger partial charge in [0.2, 0.25) is 11.7 Å². The molecule has 0 spiro atoms. The Balaban J connectivity index is 1.52. The summed E-state index contributed by atoms with van der Waals surface area (Å²) in [5.74, 6) is 1.38. The van der Waals surface area contributed by atoms with Gasteiger partial charge < -0.3 is 30.3 Å². The normalized spacial score (nSPS) is 16.2. The SMILES string of the molecule is COc1cc(CC(=N)CC(C)(CCN2CCC(C(N)=O)(c3ccccc3)CC2)c2ccc(Cl)c(Cl)c2)cc(OC)c1OC. The van der Waals surface area contributed by atoms with Crippen molar-refractivity contribution in [1.29, 1.82) is 5.41 Å². The van der Waals surface area contributed by atoms with Crippen LogP contribution in [0.25, 0.3) is 0 Å². The number of nitrogens with two attached hydrogens (primary N) is 1. The summed E-state index contributed by atoms with van der Waals surface area (Å²) < 4.78 is 16.5. The molecule has 1 saturated heterocycles. The van der Waals surface area contributed by atoms with Gasteiger partial charge in [0.05, 0.1) is 36.8 Å². The van der Waals surface area contributed by atoms with E-state index < -0.39 is 5.41 Å². The lowest BCUT2D eigenvalue weighted by molar-refractivity contribution is -0.125. The maximum atomic E-state index is 12.7. The minimum Gasteiger partial charge on any atom is -0.493 e. The number of amides is 1. The largest absolute Gasteiger partial charge is 0.493 e. The fourth-order valence-corrected chi connectivity index (χ4v) is 6.52. The number of ether oxygens (including phenoxy) is 3. The molecular weight excluding hydrogens is 585 g/mol. The van der Waals surface area contributed by atoms with Crippen LogP contribution in [-0.2, 0) is 22.0 Å². The maximum Gasteiger partial charge on any atom is 0.228 e. The lowest BCUT2D eigenvalue weighted by Gasteiger charge is -2.41. The zero-order valence-corrected chi connectivity index (χ0v) is 26.9. The molecule has 7 nitrogen and oxygen atoms in total. The monoisotopic (exact) mass is 625 g/mol. The van der Waals surface area contributed by atoms with Crippen LogP contribution in [0, 0.1) is 5.41 Å². The molecule has 0 aliphatic carbocycles. The zero-order chi connectivity index (χ0) is 31.2. The van der Waals surface area contributed by atoms with Crippen LogP contribution < -0.4 is 19.9 Å². The highest BCUT2D eigenvalue weighted by atomic mass is 35.5. The molecule has 0 aromatic heterocycles. The van der Waals surface area contributed by atoms with E-state index in [9.17, 15) is 4.79 Å². The van der Waals surface area contributed by atoms with Crippen LogP contribution in [0.3, 0.4) is 0 Å². The van der Waals surface area contributed by atoms with E-state index in [-0.39, 0.29) is 11.3 Å². The Hall–Kier alpha value is -3.26. The van der Waals surface area contributed by atoms with Crippen molar-refractivity contribution in [3.63, 3.8) is 0 Å². The zero-order valence-electron chi connectivity index (χ0n) is 25.3. The molecule has 1 fully saturated rings. The first-order valence-electron chi connectivity index (χ1n) is 14.4. The van der Waals surface area contributed by atoms with E-state index in [1.807, 2.05) is 60.7 Å². The quantitative estimate of drug-likeness (QED) is 0.203. The van der Waals surface area contributed by atoms with Gasteiger partial charge in [-0.1, -0.05) is 66.5 Å². The van der Waals surface area contributed by atoms with Crippen LogP contribution in [0.2, 0.25) is 10.0 Å². The van der Waals surface area contributed by atoms with Crippen molar-refractivity contribution < 1.29 is 19.0 Å².